The van der Waals surface area contributed by atoms with E-state index in [0.29, 0.717) is 35.4 Å². The van der Waals surface area contributed by atoms with Crippen molar-refractivity contribution in [1.82, 2.24) is 33.8 Å². The molecule has 6 rings (SSSR count). The number of hydrogen-bond acceptors (Lipinski definition) is 6. The van der Waals surface area contributed by atoms with Crippen molar-refractivity contribution in [3.63, 3.8) is 0 Å². The fraction of sp³-hybridized carbons (Fsp3) is 0.455. The number of nitrogens with zero attached hydrogens (tertiary/aromatic N) is 7. The molecule has 0 bridgehead atoms. The van der Waals surface area contributed by atoms with Crippen molar-refractivity contribution in [2.45, 2.75) is 44.4 Å². The maximum absolute atomic E-state index is 14.2. The number of fused-ring (bicyclic) bond motifs is 3. The lowest BCUT2D eigenvalue weighted by Crippen LogP contribution is -2.30. The van der Waals surface area contributed by atoms with Gasteiger partial charge in [0, 0.05) is 6.61 Å². The lowest BCUT2D eigenvalue weighted by molar-refractivity contribution is 0.108. The van der Waals surface area contributed by atoms with Crippen LogP contribution in [0.1, 0.15) is 44.0 Å². The number of imidazole rings is 1. The summed E-state index contributed by atoms with van der Waals surface area (Å²) in [4.78, 5) is 20.6. The summed E-state index contributed by atoms with van der Waals surface area (Å²) in [6, 6.07) is 4.52. The largest absolute Gasteiger partial charge is 0.376 e. The molecule has 0 spiro atoms. The minimum absolute atomic E-state index is 0.149. The Morgan fingerprint density at radius 3 is 2.84 bits per heavy atom. The van der Waals surface area contributed by atoms with E-state index < -0.39 is 5.82 Å². The summed E-state index contributed by atoms with van der Waals surface area (Å²) in [5.74, 6) is 0.0273. The summed E-state index contributed by atoms with van der Waals surface area (Å²) < 4.78 is 24.9. The topological polar surface area (TPSA) is 82.5 Å². The zero-order chi connectivity index (χ0) is 22.0. The lowest BCUT2D eigenvalue weighted by atomic mass is 10.1. The van der Waals surface area contributed by atoms with Gasteiger partial charge in [0.25, 0.3) is 5.56 Å². The molecule has 0 N–H and O–H groups in total. The van der Waals surface area contributed by atoms with E-state index in [1.54, 1.807) is 26.0 Å². The average molecular weight is 437 g/mol. The van der Waals surface area contributed by atoms with Crippen molar-refractivity contribution >= 4 is 16.6 Å². The number of ether oxygens (including phenoxy) is 1. The predicted molar refractivity (Wildman–Crippen MR) is 116 cm³/mol. The lowest BCUT2D eigenvalue weighted by Gasteiger charge is -2.21. The van der Waals surface area contributed by atoms with Gasteiger partial charge >= 0.3 is 0 Å². The average Bonchev–Trinajstić information content (AvgIpc) is 3.55. The van der Waals surface area contributed by atoms with Gasteiger partial charge in [-0.2, -0.15) is 4.68 Å². The molecular formula is C22H24FN7O2. The first-order valence-electron chi connectivity index (χ1n) is 11.0. The first-order chi connectivity index (χ1) is 15.5. The van der Waals surface area contributed by atoms with Gasteiger partial charge in [-0.1, -0.05) is 5.21 Å². The van der Waals surface area contributed by atoms with E-state index in [9.17, 15) is 9.18 Å². The quantitative estimate of drug-likeness (QED) is 0.490. The standard InChI is InChI=1S/C22H24FN7O2/c1-13-16(7-9-32-13)30-19-10-14(23)5-6-18(19)28-12-24-21(20(28)22(30)31)29-11-15(25-26-29)17-4-3-8-27(17)2/h5-6,10-13,16-17H,3-4,7-9H2,1-2H3. The molecular weight excluding hydrogens is 413 g/mol. The van der Waals surface area contributed by atoms with E-state index >= 15 is 0 Å². The highest BCUT2D eigenvalue weighted by Crippen LogP contribution is 2.31. The molecule has 2 fully saturated rings. The first-order valence-corrected chi connectivity index (χ1v) is 11.0. The van der Waals surface area contributed by atoms with Crippen LogP contribution in [0.15, 0.2) is 35.5 Å². The minimum atomic E-state index is -0.390. The highest BCUT2D eigenvalue weighted by molar-refractivity contribution is 5.81. The van der Waals surface area contributed by atoms with Crippen LogP contribution in [0.3, 0.4) is 0 Å². The molecule has 0 amide bonds. The second-order valence-electron chi connectivity index (χ2n) is 8.75. The van der Waals surface area contributed by atoms with E-state index in [0.717, 1.165) is 25.1 Å². The third-order valence-electron chi connectivity index (χ3n) is 6.88. The van der Waals surface area contributed by atoms with Gasteiger partial charge < -0.3 is 4.74 Å². The van der Waals surface area contributed by atoms with Crippen LogP contribution < -0.4 is 5.56 Å². The van der Waals surface area contributed by atoms with Gasteiger partial charge in [-0.3, -0.25) is 18.7 Å². The molecule has 32 heavy (non-hydrogen) atoms. The molecule has 0 radical (unpaired) electrons. The van der Waals surface area contributed by atoms with Gasteiger partial charge in [0.2, 0.25) is 0 Å². The van der Waals surface area contributed by atoms with Crippen LogP contribution in [0.5, 0.6) is 0 Å². The predicted octanol–water partition coefficient (Wildman–Crippen LogP) is 2.49. The molecule has 2 aliphatic heterocycles. The molecule has 3 atom stereocenters. The second kappa shape index (κ2) is 7.21. The Morgan fingerprint density at radius 1 is 1.22 bits per heavy atom. The van der Waals surface area contributed by atoms with Crippen LogP contribution in [0.25, 0.3) is 22.4 Å². The Balaban J connectivity index is 1.58. The molecule has 2 saturated heterocycles. The molecule has 3 unspecified atom stereocenters. The molecule has 1 aromatic carbocycles. The molecule has 0 saturated carbocycles. The third kappa shape index (κ3) is 2.82. The fourth-order valence-electron chi connectivity index (χ4n) is 5.21. The van der Waals surface area contributed by atoms with E-state index in [1.807, 2.05) is 13.1 Å². The molecule has 3 aromatic heterocycles. The number of rotatable bonds is 3. The van der Waals surface area contributed by atoms with Crippen LogP contribution in [0.4, 0.5) is 4.39 Å². The number of likely N-dealkylation sites (tertiary alicyclic amines) is 1. The summed E-state index contributed by atoms with van der Waals surface area (Å²) in [5.41, 5.74) is 2.25. The zero-order valence-corrected chi connectivity index (χ0v) is 18.0. The fourth-order valence-corrected chi connectivity index (χ4v) is 5.21. The van der Waals surface area contributed by atoms with Gasteiger partial charge in [0.1, 0.15) is 17.8 Å². The third-order valence-corrected chi connectivity index (χ3v) is 6.88. The SMILES string of the molecule is CC1OCCC1n1c(=O)c2c(-n3cc(C4CCCN4C)nn3)ncn2c2ccc(F)cc21. The first kappa shape index (κ1) is 19.6. The van der Waals surface area contributed by atoms with Crippen molar-refractivity contribution < 1.29 is 9.13 Å². The van der Waals surface area contributed by atoms with Gasteiger partial charge in [0.15, 0.2) is 11.3 Å². The van der Waals surface area contributed by atoms with Crippen LogP contribution in [-0.2, 0) is 4.74 Å². The highest BCUT2D eigenvalue weighted by atomic mass is 19.1. The number of halogens is 1. The highest BCUT2D eigenvalue weighted by Gasteiger charge is 2.31. The van der Waals surface area contributed by atoms with Crippen LogP contribution in [-0.4, -0.2) is 60.1 Å². The van der Waals surface area contributed by atoms with E-state index in [2.05, 4.69) is 27.2 Å². The zero-order valence-electron chi connectivity index (χ0n) is 18.0. The summed E-state index contributed by atoms with van der Waals surface area (Å²) in [6.45, 7) is 3.53. The van der Waals surface area contributed by atoms with E-state index in [1.165, 1.54) is 12.1 Å². The Labute approximate surface area is 183 Å². The van der Waals surface area contributed by atoms with Crippen molar-refractivity contribution in [3.05, 3.63) is 52.6 Å². The molecule has 166 valence electrons. The number of benzene rings is 1. The van der Waals surface area contributed by atoms with Crippen molar-refractivity contribution in [3.8, 4) is 5.82 Å². The maximum Gasteiger partial charge on any atom is 0.279 e. The van der Waals surface area contributed by atoms with Crippen LogP contribution in [0, 0.1) is 5.82 Å². The van der Waals surface area contributed by atoms with E-state index in [-0.39, 0.29) is 23.7 Å². The Morgan fingerprint density at radius 2 is 2.09 bits per heavy atom. The van der Waals surface area contributed by atoms with Gasteiger partial charge in [-0.05, 0) is 58.0 Å². The number of aromatic nitrogens is 6. The smallest absolute Gasteiger partial charge is 0.279 e. The summed E-state index contributed by atoms with van der Waals surface area (Å²) >= 11 is 0. The molecule has 0 aliphatic carbocycles. The van der Waals surface area contributed by atoms with Crippen molar-refractivity contribution in [2.24, 2.45) is 0 Å². The Hall–Kier alpha value is -3.11. The maximum atomic E-state index is 14.2. The summed E-state index contributed by atoms with van der Waals surface area (Å²) in [6.07, 6.45) is 6.14. The molecule has 4 aromatic rings. The van der Waals surface area contributed by atoms with Crippen LogP contribution in [0.2, 0.25) is 0 Å². The van der Waals surface area contributed by atoms with E-state index in [4.69, 9.17) is 4.74 Å². The molecule has 2 aliphatic rings. The minimum Gasteiger partial charge on any atom is -0.376 e. The molecule has 9 nitrogen and oxygen atoms in total. The van der Waals surface area contributed by atoms with Gasteiger partial charge in [0.05, 0.1) is 35.4 Å². The van der Waals surface area contributed by atoms with Crippen molar-refractivity contribution in [2.75, 3.05) is 20.2 Å². The molecule has 5 heterocycles. The summed E-state index contributed by atoms with van der Waals surface area (Å²) in [7, 11) is 2.08. The Kier molecular flexibility index (Phi) is 4.41. The normalized spacial score (nSPS) is 24.3. The molecule has 10 heteroatoms. The number of hydrogen-bond donors (Lipinski definition) is 0. The van der Waals surface area contributed by atoms with Gasteiger partial charge in [-0.25, -0.2) is 9.37 Å². The van der Waals surface area contributed by atoms with Crippen LogP contribution >= 0.6 is 0 Å². The summed E-state index contributed by atoms with van der Waals surface area (Å²) in [5, 5.41) is 8.67. The monoisotopic (exact) mass is 437 g/mol. The Bertz CT molecular complexity index is 1390. The van der Waals surface area contributed by atoms with Crippen molar-refractivity contribution in [1.29, 1.82) is 0 Å². The second-order valence-corrected chi connectivity index (χ2v) is 8.75. The van der Waals surface area contributed by atoms with Gasteiger partial charge in [-0.15, -0.1) is 5.10 Å².